The van der Waals surface area contributed by atoms with Gasteiger partial charge in [-0.15, -0.1) is 0 Å². The van der Waals surface area contributed by atoms with Crippen molar-refractivity contribution in [1.82, 2.24) is 9.80 Å². The molecule has 0 aliphatic carbocycles. The zero-order valence-corrected chi connectivity index (χ0v) is 22.6. The summed E-state index contributed by atoms with van der Waals surface area (Å²) in [5.74, 6) is -1.81. The smallest absolute Gasteiger partial charge is 0.642 e. The van der Waals surface area contributed by atoms with Crippen molar-refractivity contribution in [3.8, 4) is 5.75 Å². The van der Waals surface area contributed by atoms with Crippen LogP contribution >= 0.6 is 0 Å². The monoisotopic (exact) mass is 490 g/mol. The van der Waals surface area contributed by atoms with Crippen molar-refractivity contribution in [2.45, 2.75) is 27.2 Å². The average molecular weight is 490 g/mol. The first-order chi connectivity index (χ1) is 15.5. The Bertz CT molecular complexity index is 797. The molecule has 183 valence electrons. The predicted molar refractivity (Wildman–Crippen MR) is 118 cm³/mol. The van der Waals surface area contributed by atoms with Gasteiger partial charge < -0.3 is 28.5 Å². The van der Waals surface area contributed by atoms with E-state index in [-0.39, 0.29) is 35.2 Å². The molecule has 1 aliphatic rings. The summed E-state index contributed by atoms with van der Waals surface area (Å²) in [6.07, 6.45) is 0.887. The Morgan fingerprint density at radius 3 is 1.91 bits per heavy atom. The standard InChI is InChI=1S/C14H21N3O3.C6H9BO6.Na/c1-15-7-9-16(10-8-15)6-5-12-3-4-13(17(18)19)14(11-12)20-2;1-4(8)11-7(12-5(2)9)13-6(3)10;/h3-4,11H,5-10H2,1-2H3;1-3H3;/q;-1;+1. The third kappa shape index (κ3) is 12.9. The molecule has 0 spiro atoms. The van der Waals surface area contributed by atoms with E-state index < -0.39 is 30.2 Å². The van der Waals surface area contributed by atoms with Crippen LogP contribution < -0.4 is 34.3 Å². The van der Waals surface area contributed by atoms with Gasteiger partial charge in [0.25, 0.3) is 17.9 Å². The SMILES string of the molecule is CC(=O)O[B-](OC(C)=O)OC(C)=O.COc1cc(CCN2CCN(C)CC2)ccc1[N+](=O)[O-].[Na+]. The Balaban J connectivity index is 0.000000684. The number of piperazine rings is 1. The number of methoxy groups -OCH3 is 1. The van der Waals surface area contributed by atoms with E-state index in [1.165, 1.54) is 13.2 Å². The van der Waals surface area contributed by atoms with Gasteiger partial charge in [0.1, 0.15) is 0 Å². The molecule has 0 N–H and O–H groups in total. The number of nitro benzene ring substituents is 1. The number of hydrogen-bond acceptors (Lipinski definition) is 11. The third-order valence-corrected chi connectivity index (χ3v) is 4.54. The van der Waals surface area contributed by atoms with Gasteiger partial charge in [-0.3, -0.25) is 24.5 Å². The van der Waals surface area contributed by atoms with Crippen LogP contribution in [0.3, 0.4) is 0 Å². The van der Waals surface area contributed by atoms with Crippen molar-refractivity contribution in [2.24, 2.45) is 0 Å². The minimum absolute atomic E-state index is 0. The second-order valence-corrected chi connectivity index (χ2v) is 7.28. The quantitative estimate of drug-likeness (QED) is 0.229. The van der Waals surface area contributed by atoms with Gasteiger partial charge >= 0.3 is 42.6 Å². The summed E-state index contributed by atoms with van der Waals surface area (Å²) in [5.41, 5.74) is 1.10. The Morgan fingerprint density at radius 1 is 1.00 bits per heavy atom. The predicted octanol–water partition coefficient (Wildman–Crippen LogP) is -1.94. The van der Waals surface area contributed by atoms with Crippen molar-refractivity contribution in [3.05, 3.63) is 33.9 Å². The maximum Gasteiger partial charge on any atom is 1.00 e. The van der Waals surface area contributed by atoms with Crippen molar-refractivity contribution >= 4 is 30.9 Å². The molecule has 1 heterocycles. The van der Waals surface area contributed by atoms with Gasteiger partial charge in [0.05, 0.1) is 12.0 Å². The molecule has 34 heavy (non-hydrogen) atoms. The summed E-state index contributed by atoms with van der Waals surface area (Å²) in [5, 5.41) is 10.8. The Hall–Kier alpha value is -2.19. The molecule has 1 radical (unpaired) electrons. The summed E-state index contributed by atoms with van der Waals surface area (Å²) in [4.78, 5) is 46.4. The molecule has 0 aromatic heterocycles. The summed E-state index contributed by atoms with van der Waals surface area (Å²) < 4.78 is 18.1. The number of nitrogens with zero attached hydrogens (tertiary/aromatic N) is 3. The van der Waals surface area contributed by atoms with Crippen molar-refractivity contribution in [3.63, 3.8) is 0 Å². The molecule has 0 saturated carbocycles. The van der Waals surface area contributed by atoms with E-state index in [1.807, 2.05) is 6.07 Å². The molecule has 2 rings (SSSR count). The van der Waals surface area contributed by atoms with Crippen molar-refractivity contribution in [1.29, 1.82) is 0 Å². The van der Waals surface area contributed by atoms with Crippen LogP contribution in [0.4, 0.5) is 5.69 Å². The molecule has 12 nitrogen and oxygen atoms in total. The molecule has 1 fully saturated rings. The molecule has 1 aliphatic heterocycles. The number of nitro groups is 1. The number of carbonyl (C=O) groups excluding carboxylic acids is 3. The zero-order chi connectivity index (χ0) is 25.0. The van der Waals surface area contributed by atoms with Crippen LogP contribution in [0.1, 0.15) is 26.3 Å². The van der Waals surface area contributed by atoms with Gasteiger partial charge in [0.2, 0.25) is 0 Å². The summed E-state index contributed by atoms with van der Waals surface area (Å²) in [6.45, 7) is 8.64. The first kappa shape index (κ1) is 31.8. The Morgan fingerprint density at radius 2 is 1.50 bits per heavy atom. The van der Waals surface area contributed by atoms with Crippen LogP contribution in [0.25, 0.3) is 0 Å². The maximum absolute atomic E-state index is 10.8. The van der Waals surface area contributed by atoms with Crippen LogP contribution in [0, 0.1) is 10.1 Å². The molecule has 0 amide bonds. The fraction of sp³-hybridized carbons (Fsp3) is 0.550. The first-order valence-corrected chi connectivity index (χ1v) is 10.3. The van der Waals surface area contributed by atoms with E-state index in [9.17, 15) is 24.5 Å². The number of rotatable bonds is 8. The van der Waals surface area contributed by atoms with Crippen LogP contribution in [0.2, 0.25) is 0 Å². The van der Waals surface area contributed by atoms with Gasteiger partial charge in [-0.25, -0.2) is 0 Å². The minimum Gasteiger partial charge on any atom is -0.642 e. The van der Waals surface area contributed by atoms with Crippen LogP contribution in [0.15, 0.2) is 18.2 Å². The van der Waals surface area contributed by atoms with Gasteiger partial charge in [0.15, 0.2) is 5.75 Å². The third-order valence-electron chi connectivity index (χ3n) is 4.54. The summed E-state index contributed by atoms with van der Waals surface area (Å²) in [7, 11) is 2.01. The van der Waals surface area contributed by atoms with E-state index in [2.05, 4.69) is 30.8 Å². The zero-order valence-electron chi connectivity index (χ0n) is 20.6. The molecule has 0 unspecified atom stereocenters. The van der Waals surface area contributed by atoms with E-state index >= 15 is 0 Å². The van der Waals surface area contributed by atoms with Gasteiger partial charge in [-0.2, -0.15) is 0 Å². The minimum atomic E-state index is -1.59. The molecule has 0 atom stereocenters. The van der Waals surface area contributed by atoms with Crippen molar-refractivity contribution in [2.75, 3.05) is 46.9 Å². The maximum atomic E-state index is 10.8. The van der Waals surface area contributed by atoms with E-state index in [0.29, 0.717) is 5.75 Å². The molecule has 14 heteroatoms. The van der Waals surface area contributed by atoms with E-state index in [4.69, 9.17) is 4.74 Å². The molecule has 0 bridgehead atoms. The first-order valence-electron chi connectivity index (χ1n) is 10.3. The van der Waals surface area contributed by atoms with Crippen LogP contribution in [-0.4, -0.2) is 86.8 Å². The molecular formula is C20H30BN3NaO9. The Kier molecular flexibility index (Phi) is 15.4. The summed E-state index contributed by atoms with van der Waals surface area (Å²) >= 11 is 0. The molecule has 1 saturated heterocycles. The number of hydrogen-bond donors (Lipinski definition) is 0. The fourth-order valence-electron chi connectivity index (χ4n) is 2.87. The van der Waals surface area contributed by atoms with Gasteiger partial charge in [0, 0.05) is 59.6 Å². The number of benzene rings is 1. The normalized spacial score (nSPS) is 13.6. The molecule has 1 aromatic rings. The second kappa shape index (κ2) is 16.4. The van der Waals surface area contributed by atoms with E-state index in [1.54, 1.807) is 6.07 Å². The Labute approximate surface area is 221 Å². The van der Waals surface area contributed by atoms with Crippen LogP contribution in [0.5, 0.6) is 5.75 Å². The largest absolute Gasteiger partial charge is 1.00 e. The number of ether oxygens (including phenoxy) is 1. The number of likely N-dealkylation sites (N-methyl/N-ethyl adjacent to an activating group) is 1. The fourth-order valence-corrected chi connectivity index (χ4v) is 2.87. The topological polar surface area (TPSA) is 138 Å². The van der Waals surface area contributed by atoms with Crippen LogP contribution in [-0.2, 0) is 34.8 Å². The summed E-state index contributed by atoms with van der Waals surface area (Å²) in [6, 6.07) is 5.11. The van der Waals surface area contributed by atoms with Gasteiger partial charge in [-0.05, 0) is 25.1 Å². The second-order valence-electron chi connectivity index (χ2n) is 7.28. The van der Waals surface area contributed by atoms with Gasteiger partial charge in [-0.1, -0.05) is 6.07 Å². The average Bonchev–Trinajstić information content (AvgIpc) is 2.72. The van der Waals surface area contributed by atoms with E-state index in [0.717, 1.165) is 65.5 Å². The van der Waals surface area contributed by atoms with Crippen molar-refractivity contribution < 1.29 is 67.6 Å². The number of carbonyl (C=O) groups is 3. The molecule has 1 aromatic carbocycles. The molecular weight excluding hydrogens is 460 g/mol.